The molecule has 0 spiro atoms. The molecule has 0 aliphatic carbocycles. The lowest BCUT2D eigenvalue weighted by molar-refractivity contribution is 0.0590. The standard InChI is InChI=1S/C19H19ClFNO5.C17H17ClFNO3.C2H3ClO2/c1-25-18(23)13-5-3-4-12(8-13)17(27-7-6-22-19(24)26-2)14-9-15(20)11-16(21)10-14;1-22-17(21)12-4-2-3-11(7-12)16(23-6-5-20)13-8-14(18)10-15(19)9-13;1-5-2(3)4/h3-5,8-11,17H,6-7H2,1-2H3,(H,22,24);2-4,7-10,16H,5-6,20H2,1H3;1H3. The first-order chi connectivity index (χ1) is 26.3. The summed E-state index contributed by atoms with van der Waals surface area (Å²) in [7, 11) is 5.07. The number of nitrogens with one attached hydrogen (secondary N) is 1. The van der Waals surface area contributed by atoms with E-state index in [1.165, 1.54) is 52.7 Å². The van der Waals surface area contributed by atoms with Crippen molar-refractivity contribution in [1.29, 1.82) is 0 Å². The van der Waals surface area contributed by atoms with Crippen LogP contribution < -0.4 is 11.1 Å². The molecule has 4 aromatic carbocycles. The van der Waals surface area contributed by atoms with Gasteiger partial charge in [0.25, 0.3) is 0 Å². The molecule has 4 aromatic rings. The van der Waals surface area contributed by atoms with Crippen LogP contribution in [0.3, 0.4) is 0 Å². The number of hydrogen-bond donors (Lipinski definition) is 2. The first kappa shape index (κ1) is 46.3. The molecule has 0 heterocycles. The van der Waals surface area contributed by atoms with Crippen LogP contribution in [0.4, 0.5) is 18.4 Å². The SMILES string of the molecule is COC(=O)Cl.COC(=O)NCCOC(c1cc(F)cc(Cl)c1)c1cccc(C(=O)OC)c1.COC(=O)c1cccc(C(OCCN)c2cc(F)cc(Cl)c2)c1. The smallest absolute Gasteiger partial charge is 0.406 e. The Hall–Kier alpha value is -4.83. The zero-order chi connectivity index (χ0) is 40.9. The molecule has 4 rings (SSSR count). The predicted octanol–water partition coefficient (Wildman–Crippen LogP) is 8.05. The van der Waals surface area contributed by atoms with Crippen LogP contribution in [0, 0.1) is 11.6 Å². The summed E-state index contributed by atoms with van der Waals surface area (Å²) in [6, 6.07) is 21.6. The van der Waals surface area contributed by atoms with E-state index in [1.54, 1.807) is 60.7 Å². The second kappa shape index (κ2) is 24.6. The van der Waals surface area contributed by atoms with Crippen molar-refractivity contribution in [1.82, 2.24) is 5.32 Å². The Morgan fingerprint density at radius 1 is 0.636 bits per heavy atom. The molecule has 0 bridgehead atoms. The highest BCUT2D eigenvalue weighted by molar-refractivity contribution is 6.61. The maximum Gasteiger partial charge on any atom is 0.406 e. The molecule has 3 N–H and O–H groups in total. The molecule has 0 aromatic heterocycles. The van der Waals surface area contributed by atoms with Crippen LogP contribution in [0.2, 0.25) is 10.0 Å². The van der Waals surface area contributed by atoms with Gasteiger partial charge in [0, 0.05) is 34.7 Å². The van der Waals surface area contributed by atoms with Crippen LogP contribution in [-0.4, -0.2) is 78.2 Å². The van der Waals surface area contributed by atoms with Crippen LogP contribution in [0.25, 0.3) is 0 Å². The summed E-state index contributed by atoms with van der Waals surface area (Å²) in [5.74, 6) is -1.93. The molecule has 0 saturated carbocycles. The average molecular weight is 828 g/mol. The molecular weight excluding hydrogens is 789 g/mol. The van der Waals surface area contributed by atoms with Crippen LogP contribution in [0.1, 0.15) is 55.2 Å². The summed E-state index contributed by atoms with van der Waals surface area (Å²) in [5, 5.41) is 2.98. The Kier molecular flexibility index (Phi) is 20.7. The number of nitrogens with two attached hydrogens (primary N) is 1. The molecule has 2 unspecified atom stereocenters. The fourth-order valence-corrected chi connectivity index (χ4v) is 5.16. The molecule has 0 aliphatic rings. The van der Waals surface area contributed by atoms with Crippen molar-refractivity contribution in [3.63, 3.8) is 0 Å². The molecule has 55 heavy (non-hydrogen) atoms. The molecule has 12 nitrogen and oxygen atoms in total. The average Bonchev–Trinajstić information content (AvgIpc) is 3.17. The van der Waals surface area contributed by atoms with Crippen molar-refractivity contribution in [2.45, 2.75) is 12.2 Å². The van der Waals surface area contributed by atoms with E-state index in [4.69, 9.17) is 47.9 Å². The summed E-state index contributed by atoms with van der Waals surface area (Å²) in [4.78, 5) is 44.0. The number of amides is 1. The topological polar surface area (TPSA) is 162 Å². The van der Waals surface area contributed by atoms with Crippen LogP contribution >= 0.6 is 34.8 Å². The van der Waals surface area contributed by atoms with Gasteiger partial charge in [-0.1, -0.05) is 47.5 Å². The lowest BCUT2D eigenvalue weighted by Gasteiger charge is -2.20. The summed E-state index contributed by atoms with van der Waals surface area (Å²) in [6.07, 6.45) is -1.88. The molecule has 296 valence electrons. The summed E-state index contributed by atoms with van der Waals surface area (Å²) in [6.45, 7) is 0.900. The summed E-state index contributed by atoms with van der Waals surface area (Å²) >= 11 is 16.5. The fraction of sp³-hybridized carbons (Fsp3) is 0.263. The number of hydrogen-bond acceptors (Lipinski definition) is 11. The molecule has 1 amide bonds. The third kappa shape index (κ3) is 16.2. The number of benzene rings is 4. The van der Waals surface area contributed by atoms with E-state index < -0.39 is 47.3 Å². The third-order valence-corrected chi connectivity index (χ3v) is 7.59. The Bertz CT molecular complexity index is 1850. The second-order valence-corrected chi connectivity index (χ2v) is 12.0. The number of halogens is 5. The Morgan fingerprint density at radius 2 is 1.07 bits per heavy atom. The summed E-state index contributed by atoms with van der Waals surface area (Å²) < 4.78 is 56.9. The van der Waals surface area contributed by atoms with Crippen LogP contribution in [0.5, 0.6) is 0 Å². The fourth-order valence-electron chi connectivity index (χ4n) is 4.70. The first-order valence-corrected chi connectivity index (χ1v) is 17.2. The molecule has 17 heteroatoms. The van der Waals surface area contributed by atoms with Gasteiger partial charge in [-0.25, -0.2) is 28.0 Å². The monoisotopic (exact) mass is 826 g/mol. The van der Waals surface area contributed by atoms with Crippen molar-refractivity contribution in [2.24, 2.45) is 5.73 Å². The highest BCUT2D eigenvalue weighted by Crippen LogP contribution is 2.31. The molecule has 0 radical (unpaired) electrons. The first-order valence-electron chi connectivity index (χ1n) is 16.0. The predicted molar refractivity (Wildman–Crippen MR) is 202 cm³/mol. The number of esters is 2. The number of carbonyl (C=O) groups is 4. The maximum absolute atomic E-state index is 13.8. The lowest BCUT2D eigenvalue weighted by atomic mass is 9.99. The number of carbonyl (C=O) groups excluding carboxylic acids is 4. The van der Waals surface area contributed by atoms with Gasteiger partial charge in [-0.2, -0.15) is 0 Å². The Balaban J connectivity index is 0.000000342. The van der Waals surface area contributed by atoms with Gasteiger partial charge in [0.2, 0.25) is 0 Å². The van der Waals surface area contributed by atoms with E-state index in [9.17, 15) is 28.0 Å². The Morgan fingerprint density at radius 3 is 1.44 bits per heavy atom. The largest absolute Gasteiger partial charge is 0.465 e. The van der Waals surface area contributed by atoms with E-state index >= 15 is 0 Å². The van der Waals surface area contributed by atoms with Crippen LogP contribution in [0.15, 0.2) is 84.9 Å². The minimum absolute atomic E-state index is 0.121. The van der Waals surface area contributed by atoms with Crippen LogP contribution in [-0.2, 0) is 28.4 Å². The Labute approximate surface area is 331 Å². The van der Waals surface area contributed by atoms with Crippen molar-refractivity contribution >= 4 is 58.3 Å². The van der Waals surface area contributed by atoms with Crippen molar-refractivity contribution in [3.8, 4) is 0 Å². The summed E-state index contributed by atoms with van der Waals surface area (Å²) in [5.41, 5.74) is 7.75. The zero-order valence-corrected chi connectivity index (χ0v) is 32.4. The molecule has 0 saturated heterocycles. The zero-order valence-electron chi connectivity index (χ0n) is 30.1. The molecule has 2 atom stereocenters. The van der Waals surface area contributed by atoms with Gasteiger partial charge in [-0.15, -0.1) is 0 Å². The van der Waals surface area contributed by atoms with E-state index in [2.05, 4.69) is 26.4 Å². The van der Waals surface area contributed by atoms with Gasteiger partial charge >= 0.3 is 23.5 Å². The highest BCUT2D eigenvalue weighted by atomic mass is 35.5. The quantitative estimate of drug-likeness (QED) is 0.0581. The minimum Gasteiger partial charge on any atom is -0.465 e. The number of methoxy groups -OCH3 is 4. The lowest BCUT2D eigenvalue weighted by Crippen LogP contribution is -2.27. The normalized spacial score (nSPS) is 11.3. The number of ether oxygens (including phenoxy) is 6. The minimum atomic E-state index is -0.773. The molecule has 0 aliphatic heterocycles. The van der Waals surface area contributed by atoms with Gasteiger partial charge in [0.05, 0.1) is 52.8 Å². The second-order valence-electron chi connectivity index (χ2n) is 10.8. The van der Waals surface area contributed by atoms with Gasteiger partial charge in [0.1, 0.15) is 23.8 Å². The van der Waals surface area contributed by atoms with Crippen molar-refractivity contribution in [2.75, 3.05) is 54.7 Å². The van der Waals surface area contributed by atoms with E-state index in [0.717, 1.165) is 0 Å². The van der Waals surface area contributed by atoms with Gasteiger partial charge in [-0.3, -0.25) is 0 Å². The number of rotatable bonds is 13. The number of alkyl carbamates (subject to hydrolysis) is 1. The third-order valence-electron chi connectivity index (χ3n) is 7.00. The van der Waals surface area contributed by atoms with E-state index in [1.807, 2.05) is 0 Å². The maximum atomic E-state index is 13.8. The highest BCUT2D eigenvalue weighted by Gasteiger charge is 2.20. The molecule has 0 fully saturated rings. The van der Waals surface area contributed by atoms with Gasteiger partial charge in [-0.05, 0) is 82.9 Å². The molecular formula is C38H39Cl3F2N2O10. The van der Waals surface area contributed by atoms with E-state index in [0.29, 0.717) is 39.9 Å². The van der Waals surface area contributed by atoms with E-state index in [-0.39, 0.29) is 29.8 Å². The van der Waals surface area contributed by atoms with Crippen molar-refractivity contribution < 1.29 is 56.4 Å². The van der Waals surface area contributed by atoms with Gasteiger partial charge < -0.3 is 39.5 Å². The van der Waals surface area contributed by atoms with Crippen molar-refractivity contribution in [3.05, 3.63) is 140 Å². The van der Waals surface area contributed by atoms with Gasteiger partial charge in [0.15, 0.2) is 0 Å².